The average Bonchev–Trinajstić information content (AvgIpc) is 3.39. The summed E-state index contributed by atoms with van der Waals surface area (Å²) in [4.78, 5) is 25.6. The third kappa shape index (κ3) is 8.11. The van der Waals surface area contributed by atoms with Crippen LogP contribution < -0.4 is 0 Å². The van der Waals surface area contributed by atoms with Crippen molar-refractivity contribution < 1.29 is 34.4 Å². The second kappa shape index (κ2) is 16.4. The molecule has 247 valence electrons. The minimum atomic E-state index is 0. The summed E-state index contributed by atoms with van der Waals surface area (Å²) in [6, 6.07) is 16.2. The van der Waals surface area contributed by atoms with Crippen molar-refractivity contribution in [3.63, 3.8) is 0 Å². The molecule has 3 aromatic heterocycles. The molecule has 3 heterocycles. The zero-order valence-electron chi connectivity index (χ0n) is 28.7. The van der Waals surface area contributed by atoms with Crippen molar-refractivity contribution in [1.29, 1.82) is 0 Å². The number of allylic oxidation sites excluding steroid dienone is 2. The largest absolute Gasteiger partial charge is 0.512 e. The Morgan fingerprint density at radius 3 is 2.13 bits per heavy atom. The second-order valence-corrected chi connectivity index (χ2v) is 12.6. The molecule has 0 atom stereocenters. The van der Waals surface area contributed by atoms with Crippen molar-refractivity contribution in [3.05, 3.63) is 77.4 Å². The summed E-state index contributed by atoms with van der Waals surface area (Å²) in [6.45, 7) is 18.8. The van der Waals surface area contributed by atoms with Crippen molar-refractivity contribution in [2.45, 2.75) is 99.8 Å². The van der Waals surface area contributed by atoms with Gasteiger partial charge in [0.15, 0.2) is 5.78 Å². The van der Waals surface area contributed by atoms with E-state index in [9.17, 15) is 9.90 Å². The molecule has 5 rings (SSSR count). The quantitative estimate of drug-likeness (QED) is 0.0860. The monoisotopic (exact) mass is 799 g/mol. The molecule has 0 saturated carbocycles. The van der Waals surface area contributed by atoms with Gasteiger partial charge in [0.1, 0.15) is 6.33 Å². The molecule has 0 amide bonds. The number of carbonyl (C=O) groups excluding carboxylic acids is 1. The first-order valence-corrected chi connectivity index (χ1v) is 16.5. The molecule has 0 bridgehead atoms. The molecule has 2 aromatic carbocycles. The molecule has 0 aliphatic carbocycles. The summed E-state index contributed by atoms with van der Waals surface area (Å²) in [5.41, 5.74) is 7.40. The predicted octanol–water partition coefficient (Wildman–Crippen LogP) is 10.8. The van der Waals surface area contributed by atoms with Gasteiger partial charge in [0, 0.05) is 54.8 Å². The Balaban J connectivity index is 0.000000309. The molecule has 1 radical (unpaired) electrons. The number of pyridine rings is 1. The van der Waals surface area contributed by atoms with Crippen molar-refractivity contribution in [2.75, 3.05) is 0 Å². The number of rotatable bonds is 10. The van der Waals surface area contributed by atoms with Gasteiger partial charge in [-0.15, -0.1) is 17.7 Å². The third-order valence-electron chi connectivity index (χ3n) is 8.76. The fourth-order valence-corrected chi connectivity index (χ4v) is 5.75. The van der Waals surface area contributed by atoms with E-state index in [4.69, 9.17) is 9.40 Å². The number of benzene rings is 2. The molecule has 46 heavy (non-hydrogen) atoms. The first-order valence-electron chi connectivity index (χ1n) is 16.5. The van der Waals surface area contributed by atoms with Crippen LogP contribution in [0.3, 0.4) is 0 Å². The van der Waals surface area contributed by atoms with E-state index in [-0.39, 0.29) is 43.5 Å². The van der Waals surface area contributed by atoms with Gasteiger partial charge in [0.25, 0.3) is 0 Å². The van der Waals surface area contributed by atoms with E-state index in [1.165, 1.54) is 11.6 Å². The first-order chi connectivity index (χ1) is 21.5. The normalized spacial score (nSPS) is 12.0. The number of hydrogen-bond donors (Lipinski definition) is 1. The van der Waals surface area contributed by atoms with Gasteiger partial charge in [-0.3, -0.25) is 9.78 Å². The van der Waals surface area contributed by atoms with Crippen LogP contribution in [0.2, 0.25) is 0 Å². The van der Waals surface area contributed by atoms with E-state index >= 15 is 0 Å². The standard InChI is InChI=1S/C26H24N3O.C13H24O2.Ir/c1-14(2)17-6-7-19-23(12-17)27-13-28-24(19)21-11-16(5)10-20-18-8-9-22(15(3)4)29-26(18)30-25(20)21;1-5-10(6-2)12(14)9-13(15)11(7-3)8-4;/h6-10,12-15H,1-5H3;9-11,14H,5-8H2,1-4H3;/q-1;;. The number of ketones is 1. The number of aromatic nitrogens is 3. The van der Waals surface area contributed by atoms with Gasteiger partial charge < -0.3 is 9.52 Å². The summed E-state index contributed by atoms with van der Waals surface area (Å²) in [5, 5.41) is 12.8. The fourth-order valence-electron chi connectivity index (χ4n) is 5.75. The second-order valence-electron chi connectivity index (χ2n) is 12.6. The molecule has 6 nitrogen and oxygen atoms in total. The molecule has 0 spiro atoms. The number of carbonyl (C=O) groups is 1. The minimum absolute atomic E-state index is 0. The average molecular weight is 799 g/mol. The van der Waals surface area contributed by atoms with Gasteiger partial charge in [-0.05, 0) is 66.7 Å². The maximum absolute atomic E-state index is 11.7. The van der Waals surface area contributed by atoms with Gasteiger partial charge >= 0.3 is 0 Å². The molecule has 7 heteroatoms. The zero-order chi connectivity index (χ0) is 32.8. The van der Waals surface area contributed by atoms with Crippen molar-refractivity contribution in [3.8, 4) is 11.3 Å². The van der Waals surface area contributed by atoms with Crippen LogP contribution in [0.25, 0.3) is 44.2 Å². The molecule has 0 aliphatic rings. The summed E-state index contributed by atoms with van der Waals surface area (Å²) >= 11 is 0. The van der Waals surface area contributed by atoms with Crippen LogP contribution in [0.15, 0.2) is 59.0 Å². The Morgan fingerprint density at radius 2 is 1.52 bits per heavy atom. The van der Waals surface area contributed by atoms with E-state index in [0.29, 0.717) is 17.5 Å². The first kappa shape index (κ1) is 37.1. The van der Waals surface area contributed by atoms with Gasteiger partial charge in [0.05, 0.1) is 16.9 Å². The number of aliphatic hydroxyl groups excluding tert-OH is 1. The molecule has 1 N–H and O–H groups in total. The number of aliphatic hydroxyl groups is 1. The minimum Gasteiger partial charge on any atom is -0.512 e. The van der Waals surface area contributed by atoms with Crippen LogP contribution in [-0.2, 0) is 24.9 Å². The molecule has 0 fully saturated rings. The number of hydrogen-bond acceptors (Lipinski definition) is 6. The molecule has 0 unspecified atom stereocenters. The van der Waals surface area contributed by atoms with Crippen LogP contribution in [0.4, 0.5) is 0 Å². The van der Waals surface area contributed by atoms with Crippen LogP contribution in [0, 0.1) is 24.8 Å². The van der Waals surface area contributed by atoms with Gasteiger partial charge in [-0.2, -0.15) is 0 Å². The van der Waals surface area contributed by atoms with E-state index in [0.717, 1.165) is 75.5 Å². The zero-order valence-corrected chi connectivity index (χ0v) is 31.1. The number of fused-ring (bicyclic) bond motifs is 4. The molecule has 0 aliphatic heterocycles. The third-order valence-corrected chi connectivity index (χ3v) is 8.76. The fraction of sp³-hybridized carbons (Fsp3) is 0.436. The SMILES string of the molecule is CCC(CC)C(=O)C=C(O)C(CC)CC.Cc1[c-]c(-c2ncnc3cc(C(C)C)ccc23)c2oc3nc(C(C)C)ccc3c2c1.[Ir]. The molecular formula is C39H48IrN3O3-. The van der Waals surface area contributed by atoms with E-state index in [1.807, 2.05) is 27.7 Å². The summed E-state index contributed by atoms with van der Waals surface area (Å²) in [6.07, 6.45) is 6.53. The van der Waals surface area contributed by atoms with E-state index in [1.54, 1.807) is 6.33 Å². The smallest absolute Gasteiger partial charge is 0.216 e. The van der Waals surface area contributed by atoms with Crippen LogP contribution in [0.5, 0.6) is 0 Å². The molecular weight excluding hydrogens is 751 g/mol. The van der Waals surface area contributed by atoms with Crippen LogP contribution in [-0.4, -0.2) is 25.8 Å². The number of nitrogens with zero attached hydrogens (tertiary/aromatic N) is 3. The van der Waals surface area contributed by atoms with Crippen LogP contribution in [0.1, 0.15) is 110 Å². The Bertz CT molecular complexity index is 1810. The Hall–Kier alpha value is -3.41. The van der Waals surface area contributed by atoms with Gasteiger partial charge in [-0.25, -0.2) is 9.97 Å². The predicted molar refractivity (Wildman–Crippen MR) is 186 cm³/mol. The van der Waals surface area contributed by atoms with Crippen molar-refractivity contribution in [2.24, 2.45) is 11.8 Å². The maximum atomic E-state index is 11.7. The Kier molecular flexibility index (Phi) is 13.2. The van der Waals surface area contributed by atoms with E-state index in [2.05, 4.69) is 87.1 Å². The topological polar surface area (TPSA) is 89.1 Å². The van der Waals surface area contributed by atoms with Crippen molar-refractivity contribution >= 4 is 38.8 Å². The van der Waals surface area contributed by atoms with E-state index < -0.39 is 0 Å². The summed E-state index contributed by atoms with van der Waals surface area (Å²) in [7, 11) is 0. The van der Waals surface area contributed by atoms with Crippen molar-refractivity contribution in [1.82, 2.24) is 15.0 Å². The van der Waals surface area contributed by atoms with Gasteiger partial charge in [-0.1, -0.05) is 85.4 Å². The Labute approximate surface area is 287 Å². The Morgan fingerprint density at radius 1 is 0.870 bits per heavy atom. The maximum Gasteiger partial charge on any atom is 0.216 e. The molecule has 5 aromatic rings. The van der Waals surface area contributed by atoms with Gasteiger partial charge in [0.2, 0.25) is 5.71 Å². The summed E-state index contributed by atoms with van der Waals surface area (Å²) in [5.74, 6) is 1.34. The number of aryl methyl sites for hydroxylation is 1. The number of furan rings is 1. The van der Waals surface area contributed by atoms with Crippen LogP contribution >= 0.6 is 0 Å². The summed E-state index contributed by atoms with van der Waals surface area (Å²) < 4.78 is 6.29. The molecule has 0 saturated heterocycles.